The van der Waals surface area contributed by atoms with E-state index in [4.69, 9.17) is 9.47 Å². The van der Waals surface area contributed by atoms with Crippen molar-refractivity contribution in [2.24, 2.45) is 0 Å². The van der Waals surface area contributed by atoms with Gasteiger partial charge in [0.1, 0.15) is 10.6 Å². The van der Waals surface area contributed by atoms with Crippen LogP contribution in [0.3, 0.4) is 0 Å². The molecule has 0 saturated heterocycles. The van der Waals surface area contributed by atoms with Crippen LogP contribution in [0, 0.1) is 0 Å². The predicted molar refractivity (Wildman–Crippen MR) is 153 cm³/mol. The van der Waals surface area contributed by atoms with E-state index in [9.17, 15) is 4.79 Å². The molecule has 0 saturated carbocycles. The predicted octanol–water partition coefficient (Wildman–Crippen LogP) is 9.95. The molecular formula is C32H42O3S. The molecule has 1 aromatic heterocycles. The Morgan fingerprint density at radius 3 is 1.97 bits per heavy atom. The van der Waals surface area contributed by atoms with Gasteiger partial charge in [-0.05, 0) is 67.1 Å². The van der Waals surface area contributed by atoms with Crippen molar-refractivity contribution in [1.29, 1.82) is 0 Å². The molecule has 3 aromatic rings. The fraction of sp³-hybridized carbons (Fsp3) is 0.469. The third-order valence-electron chi connectivity index (χ3n) is 6.45. The molecule has 4 heteroatoms. The number of hydrogen-bond donors (Lipinski definition) is 0. The van der Waals surface area contributed by atoms with E-state index in [2.05, 4.69) is 62.4 Å². The number of carbonyl (C=O) groups is 1. The lowest BCUT2D eigenvalue weighted by Crippen LogP contribution is -2.14. The number of rotatable bonds is 16. The van der Waals surface area contributed by atoms with E-state index in [0.717, 1.165) is 47.6 Å². The third kappa shape index (κ3) is 9.13. The van der Waals surface area contributed by atoms with Gasteiger partial charge in [-0.1, -0.05) is 95.2 Å². The molecule has 1 atom stereocenters. The highest BCUT2D eigenvalue weighted by Crippen LogP contribution is 2.31. The maximum absolute atomic E-state index is 12.6. The van der Waals surface area contributed by atoms with Gasteiger partial charge in [-0.3, -0.25) is 0 Å². The van der Waals surface area contributed by atoms with Gasteiger partial charge in [0.2, 0.25) is 0 Å². The lowest BCUT2D eigenvalue weighted by molar-refractivity contribution is 0.0325. The summed E-state index contributed by atoms with van der Waals surface area (Å²) in [4.78, 5) is 14.3. The first-order valence-corrected chi connectivity index (χ1v) is 14.6. The summed E-state index contributed by atoms with van der Waals surface area (Å²) in [6, 6.07) is 20.7. The number of carbonyl (C=O) groups excluding carboxylic acids is 1. The van der Waals surface area contributed by atoms with Crippen LogP contribution in [0.2, 0.25) is 0 Å². The lowest BCUT2D eigenvalue weighted by atomic mass is 10.0. The summed E-state index contributed by atoms with van der Waals surface area (Å²) in [5.41, 5.74) is 3.44. The maximum Gasteiger partial charge on any atom is 0.348 e. The molecule has 3 nitrogen and oxygen atoms in total. The van der Waals surface area contributed by atoms with Crippen LogP contribution in [-0.4, -0.2) is 18.7 Å². The van der Waals surface area contributed by atoms with Gasteiger partial charge >= 0.3 is 5.97 Å². The zero-order valence-corrected chi connectivity index (χ0v) is 23.1. The Balaban J connectivity index is 1.50. The van der Waals surface area contributed by atoms with Crippen molar-refractivity contribution in [2.45, 2.75) is 91.1 Å². The number of ether oxygens (including phenoxy) is 2. The van der Waals surface area contributed by atoms with Crippen molar-refractivity contribution >= 4 is 17.3 Å². The number of benzene rings is 2. The minimum Gasteiger partial charge on any atom is -0.494 e. The molecule has 0 N–H and O–H groups in total. The molecular weight excluding hydrogens is 464 g/mol. The minimum absolute atomic E-state index is 0.0400. The minimum atomic E-state index is -0.214. The molecule has 0 amide bonds. The first-order chi connectivity index (χ1) is 17.6. The Bertz CT molecular complexity index is 1020. The van der Waals surface area contributed by atoms with Gasteiger partial charge in [0, 0.05) is 4.88 Å². The highest BCUT2D eigenvalue weighted by atomic mass is 32.1. The van der Waals surface area contributed by atoms with Gasteiger partial charge in [-0.25, -0.2) is 4.79 Å². The molecule has 0 fully saturated rings. The van der Waals surface area contributed by atoms with E-state index >= 15 is 0 Å². The average molecular weight is 507 g/mol. The largest absolute Gasteiger partial charge is 0.494 e. The standard InChI is InChI=1S/C32H42O3S/c1-4-6-8-10-12-24-34-29-20-18-27(19-21-29)26-14-16-28(17-15-26)30-22-23-31(36-30)32(33)35-25(3)13-11-9-7-5-2/h14-23,25H,4-13,24H2,1-3H3. The average Bonchev–Trinajstić information content (AvgIpc) is 3.40. The van der Waals surface area contributed by atoms with E-state index in [1.807, 2.05) is 19.1 Å². The Kier molecular flexibility index (Phi) is 12.1. The van der Waals surface area contributed by atoms with E-state index in [1.54, 1.807) is 0 Å². The number of esters is 1. The molecule has 1 heterocycles. The van der Waals surface area contributed by atoms with Crippen LogP contribution in [0.1, 0.15) is 94.7 Å². The molecule has 0 aliphatic rings. The zero-order valence-electron chi connectivity index (χ0n) is 22.3. The highest BCUT2D eigenvalue weighted by Gasteiger charge is 2.15. The number of unbranched alkanes of at least 4 members (excludes halogenated alkanes) is 7. The number of hydrogen-bond acceptors (Lipinski definition) is 4. The molecule has 3 rings (SSSR count). The summed E-state index contributed by atoms with van der Waals surface area (Å²) in [5.74, 6) is 0.716. The Morgan fingerprint density at radius 1 is 0.722 bits per heavy atom. The lowest BCUT2D eigenvalue weighted by Gasteiger charge is -2.12. The van der Waals surface area contributed by atoms with Gasteiger partial charge in [0.15, 0.2) is 0 Å². The second kappa shape index (κ2) is 15.5. The van der Waals surface area contributed by atoms with E-state index in [1.165, 1.54) is 61.8 Å². The van der Waals surface area contributed by atoms with Gasteiger partial charge < -0.3 is 9.47 Å². The van der Waals surface area contributed by atoms with Crippen molar-refractivity contribution in [3.05, 3.63) is 65.5 Å². The number of thiophene rings is 1. The van der Waals surface area contributed by atoms with Crippen LogP contribution in [0.15, 0.2) is 60.7 Å². The smallest absolute Gasteiger partial charge is 0.348 e. The normalized spacial score (nSPS) is 11.9. The van der Waals surface area contributed by atoms with Crippen LogP contribution in [0.25, 0.3) is 21.6 Å². The molecule has 0 radical (unpaired) electrons. The van der Waals surface area contributed by atoms with Crippen molar-refractivity contribution in [2.75, 3.05) is 6.61 Å². The molecule has 36 heavy (non-hydrogen) atoms. The van der Waals surface area contributed by atoms with Crippen LogP contribution >= 0.6 is 11.3 Å². The van der Waals surface area contributed by atoms with Crippen molar-refractivity contribution in [3.8, 4) is 27.3 Å². The molecule has 194 valence electrons. The SMILES string of the molecule is CCCCCCCOc1ccc(-c2ccc(-c3ccc(C(=O)OC(C)CCCCCC)s3)cc2)cc1. The Morgan fingerprint density at radius 2 is 1.31 bits per heavy atom. The summed E-state index contributed by atoms with van der Waals surface area (Å²) >= 11 is 1.49. The fourth-order valence-electron chi connectivity index (χ4n) is 4.23. The van der Waals surface area contributed by atoms with Crippen LogP contribution in [0.5, 0.6) is 5.75 Å². The zero-order chi connectivity index (χ0) is 25.6. The van der Waals surface area contributed by atoms with Gasteiger partial charge in [-0.2, -0.15) is 0 Å². The second-order valence-corrected chi connectivity index (χ2v) is 10.7. The van der Waals surface area contributed by atoms with Gasteiger partial charge in [-0.15, -0.1) is 11.3 Å². The van der Waals surface area contributed by atoms with Crippen molar-refractivity contribution < 1.29 is 14.3 Å². The molecule has 0 bridgehead atoms. The first-order valence-electron chi connectivity index (χ1n) is 13.7. The Labute approximate surface area is 221 Å². The monoisotopic (exact) mass is 506 g/mol. The highest BCUT2D eigenvalue weighted by molar-refractivity contribution is 7.17. The van der Waals surface area contributed by atoms with Gasteiger partial charge in [0.05, 0.1) is 12.7 Å². The summed E-state index contributed by atoms with van der Waals surface area (Å²) in [6.07, 6.45) is 11.9. The van der Waals surface area contributed by atoms with Crippen LogP contribution in [-0.2, 0) is 4.74 Å². The topological polar surface area (TPSA) is 35.5 Å². The molecule has 0 aliphatic carbocycles. The summed E-state index contributed by atoms with van der Waals surface area (Å²) in [7, 11) is 0. The van der Waals surface area contributed by atoms with Crippen molar-refractivity contribution in [1.82, 2.24) is 0 Å². The fourth-order valence-corrected chi connectivity index (χ4v) is 5.12. The van der Waals surface area contributed by atoms with E-state index < -0.39 is 0 Å². The first kappa shape index (κ1) is 28.0. The van der Waals surface area contributed by atoms with Crippen LogP contribution in [0.4, 0.5) is 0 Å². The Hall–Kier alpha value is -2.59. The van der Waals surface area contributed by atoms with Crippen molar-refractivity contribution in [3.63, 3.8) is 0 Å². The molecule has 0 aliphatic heterocycles. The van der Waals surface area contributed by atoms with E-state index in [-0.39, 0.29) is 12.1 Å². The van der Waals surface area contributed by atoms with Gasteiger partial charge in [0.25, 0.3) is 0 Å². The maximum atomic E-state index is 12.6. The second-order valence-electron chi connectivity index (χ2n) is 9.59. The molecule has 1 unspecified atom stereocenters. The molecule has 0 spiro atoms. The summed E-state index contributed by atoms with van der Waals surface area (Å²) < 4.78 is 11.6. The van der Waals surface area contributed by atoms with Crippen LogP contribution < -0.4 is 4.74 Å². The summed E-state index contributed by atoms with van der Waals surface area (Å²) in [5, 5.41) is 0. The quantitative estimate of drug-likeness (QED) is 0.143. The summed E-state index contributed by atoms with van der Waals surface area (Å²) in [6.45, 7) is 7.21. The molecule has 2 aromatic carbocycles. The van der Waals surface area contributed by atoms with E-state index in [0.29, 0.717) is 4.88 Å². The third-order valence-corrected chi connectivity index (χ3v) is 7.57.